The Morgan fingerprint density at radius 3 is 2.81 bits per heavy atom. The van der Waals surface area contributed by atoms with Crippen LogP contribution in [0.25, 0.3) is 10.2 Å². The average Bonchev–Trinajstić information content (AvgIpc) is 3.38. The molecule has 2 aromatic heterocycles. The molecule has 32 heavy (non-hydrogen) atoms. The highest BCUT2D eigenvalue weighted by molar-refractivity contribution is 7.19. The fourth-order valence-electron chi connectivity index (χ4n) is 5.63. The zero-order valence-electron chi connectivity index (χ0n) is 18.3. The maximum absolute atomic E-state index is 11.7. The van der Waals surface area contributed by atoms with E-state index in [1.54, 1.807) is 11.3 Å². The zero-order chi connectivity index (χ0) is 22.1. The smallest absolute Gasteiger partial charge is 0.234 e. The molecule has 5 rings (SSSR count). The van der Waals surface area contributed by atoms with E-state index in [1.165, 1.54) is 10.4 Å². The fraction of sp³-hybridized carbons (Fsp3) is 0.625. The molecule has 2 N–H and O–H groups in total. The monoisotopic (exact) mass is 454 g/mol. The number of pyridine rings is 1. The van der Waals surface area contributed by atoms with Gasteiger partial charge in [0.15, 0.2) is 0 Å². The molecule has 1 amide bonds. The lowest BCUT2D eigenvalue weighted by Gasteiger charge is -2.38. The molecular weight excluding hydrogens is 424 g/mol. The molecule has 3 heterocycles. The summed E-state index contributed by atoms with van der Waals surface area (Å²) in [5.74, 6) is -0.231. The molecule has 170 valence electrons. The molecule has 0 aromatic carbocycles. The van der Waals surface area contributed by atoms with Crippen molar-refractivity contribution in [2.24, 2.45) is 11.7 Å². The fourth-order valence-corrected chi connectivity index (χ4v) is 6.89. The molecule has 2 aromatic rings. The topological polar surface area (TPSA) is 101 Å². The number of nitriles is 1. The van der Waals surface area contributed by atoms with Crippen molar-refractivity contribution in [3.05, 3.63) is 22.7 Å². The van der Waals surface area contributed by atoms with Gasteiger partial charge in [-0.1, -0.05) is 0 Å². The van der Waals surface area contributed by atoms with Crippen LogP contribution >= 0.6 is 11.3 Å². The number of primary amides is 1. The van der Waals surface area contributed by atoms with Gasteiger partial charge in [0.25, 0.3) is 0 Å². The largest absolute Gasteiger partial charge is 0.490 e. The molecule has 7 nitrogen and oxygen atoms in total. The number of nitrogens with zero attached hydrogens (tertiary/aromatic N) is 3. The molecule has 0 spiro atoms. The normalized spacial score (nSPS) is 27.0. The number of thiophene rings is 1. The van der Waals surface area contributed by atoms with E-state index in [0.717, 1.165) is 80.8 Å². The predicted molar refractivity (Wildman–Crippen MR) is 123 cm³/mol. The van der Waals surface area contributed by atoms with Gasteiger partial charge in [0.05, 0.1) is 30.8 Å². The Bertz CT molecular complexity index is 1020. The van der Waals surface area contributed by atoms with E-state index in [4.69, 9.17) is 15.2 Å². The Kier molecular flexibility index (Phi) is 6.31. The summed E-state index contributed by atoms with van der Waals surface area (Å²) in [4.78, 5) is 21.1. The van der Waals surface area contributed by atoms with Gasteiger partial charge in [0.2, 0.25) is 5.91 Å². The van der Waals surface area contributed by atoms with Crippen molar-refractivity contribution in [3.8, 4) is 11.8 Å². The number of amides is 1. The summed E-state index contributed by atoms with van der Waals surface area (Å²) in [6.07, 6.45) is 8.86. The number of carbonyl (C=O) groups excluding carboxylic acids is 1. The molecule has 2 atom stereocenters. The van der Waals surface area contributed by atoms with E-state index in [9.17, 15) is 10.1 Å². The van der Waals surface area contributed by atoms with E-state index in [0.29, 0.717) is 12.5 Å². The molecule has 0 radical (unpaired) electrons. The second-order valence-electron chi connectivity index (χ2n) is 9.18. The zero-order valence-corrected chi connectivity index (χ0v) is 19.1. The van der Waals surface area contributed by atoms with Crippen molar-refractivity contribution < 1.29 is 14.3 Å². The number of hydrogen-bond donors (Lipinski definition) is 1. The third-order valence-corrected chi connectivity index (χ3v) is 8.49. The molecule has 2 aliphatic carbocycles. The third-order valence-electron chi connectivity index (χ3n) is 7.31. The van der Waals surface area contributed by atoms with Crippen LogP contribution in [0.4, 0.5) is 0 Å². The van der Waals surface area contributed by atoms with Crippen LogP contribution in [-0.2, 0) is 16.0 Å². The van der Waals surface area contributed by atoms with Crippen LogP contribution in [0, 0.1) is 17.2 Å². The van der Waals surface area contributed by atoms with Gasteiger partial charge < -0.3 is 15.2 Å². The minimum Gasteiger partial charge on any atom is -0.490 e. The Balaban J connectivity index is 1.32. The first kappa shape index (κ1) is 21.6. The van der Waals surface area contributed by atoms with Gasteiger partial charge in [0, 0.05) is 30.2 Å². The SMILES string of the molecule is N#CC(C[C@H]1CCc2sc3nccc(OC4CCC(N5CCOCC5)CC4)c3c21)C(N)=O. The minimum absolute atomic E-state index is 0.152. The van der Waals surface area contributed by atoms with Crippen LogP contribution in [0.3, 0.4) is 0 Å². The molecule has 1 saturated heterocycles. The highest BCUT2D eigenvalue weighted by atomic mass is 32.1. The summed E-state index contributed by atoms with van der Waals surface area (Å²) in [5.41, 5.74) is 6.68. The summed E-state index contributed by atoms with van der Waals surface area (Å²) >= 11 is 1.72. The number of aromatic nitrogens is 1. The first-order valence-electron chi connectivity index (χ1n) is 11.7. The van der Waals surface area contributed by atoms with Crippen LogP contribution in [0.5, 0.6) is 5.75 Å². The van der Waals surface area contributed by atoms with Crippen LogP contribution in [0.15, 0.2) is 12.3 Å². The molecule has 0 bridgehead atoms. The van der Waals surface area contributed by atoms with Crippen molar-refractivity contribution in [1.82, 2.24) is 9.88 Å². The Morgan fingerprint density at radius 1 is 1.31 bits per heavy atom. The van der Waals surface area contributed by atoms with Gasteiger partial charge in [-0.05, 0) is 62.5 Å². The molecular formula is C24H30N4O3S. The maximum Gasteiger partial charge on any atom is 0.234 e. The predicted octanol–water partition coefficient (Wildman–Crippen LogP) is 3.36. The van der Waals surface area contributed by atoms with Gasteiger partial charge in [-0.15, -0.1) is 11.3 Å². The van der Waals surface area contributed by atoms with Crippen molar-refractivity contribution in [1.29, 1.82) is 5.26 Å². The number of aryl methyl sites for hydroxylation is 1. The van der Waals surface area contributed by atoms with Crippen molar-refractivity contribution in [3.63, 3.8) is 0 Å². The second kappa shape index (κ2) is 9.34. The van der Waals surface area contributed by atoms with E-state index >= 15 is 0 Å². The quantitative estimate of drug-likeness (QED) is 0.718. The van der Waals surface area contributed by atoms with E-state index in [2.05, 4.69) is 16.0 Å². The number of nitrogens with two attached hydrogens (primary N) is 1. The van der Waals surface area contributed by atoms with E-state index in [-0.39, 0.29) is 12.0 Å². The summed E-state index contributed by atoms with van der Waals surface area (Å²) < 4.78 is 12.1. The number of rotatable bonds is 6. The van der Waals surface area contributed by atoms with E-state index in [1.807, 2.05) is 12.3 Å². The standard InChI is InChI=1S/C24H30N4O3S/c25-14-16(23(26)29)13-15-1-6-20-21(15)22-19(7-8-27-24(22)32-20)31-18-4-2-17(3-5-18)28-9-11-30-12-10-28/h7-8,15-18H,1-6,9-13H2,(H2,26,29)/t15-,16?,17?,18?/m1/s1. The lowest BCUT2D eigenvalue weighted by atomic mass is 9.89. The number of carbonyl (C=O) groups is 1. The van der Waals surface area contributed by atoms with Gasteiger partial charge in [-0.3, -0.25) is 9.69 Å². The lowest BCUT2D eigenvalue weighted by Crippen LogP contribution is -2.46. The molecule has 2 fully saturated rings. The Morgan fingerprint density at radius 2 is 2.09 bits per heavy atom. The average molecular weight is 455 g/mol. The number of hydrogen-bond acceptors (Lipinski definition) is 7. The summed E-state index contributed by atoms with van der Waals surface area (Å²) in [5, 5.41) is 10.4. The number of ether oxygens (including phenoxy) is 2. The molecule has 1 saturated carbocycles. The third kappa shape index (κ3) is 4.21. The van der Waals surface area contributed by atoms with Gasteiger partial charge in [0.1, 0.15) is 16.5 Å². The highest BCUT2D eigenvalue weighted by Crippen LogP contribution is 2.48. The maximum atomic E-state index is 11.7. The number of morpholine rings is 1. The van der Waals surface area contributed by atoms with E-state index < -0.39 is 11.8 Å². The lowest BCUT2D eigenvalue weighted by molar-refractivity contribution is -0.120. The van der Waals surface area contributed by atoms with Crippen LogP contribution in [0.1, 0.15) is 54.9 Å². The van der Waals surface area contributed by atoms with Gasteiger partial charge in [-0.25, -0.2) is 4.98 Å². The van der Waals surface area contributed by atoms with Crippen molar-refractivity contribution >= 4 is 27.5 Å². The van der Waals surface area contributed by atoms with Gasteiger partial charge in [-0.2, -0.15) is 5.26 Å². The van der Waals surface area contributed by atoms with Crippen LogP contribution in [-0.4, -0.2) is 54.2 Å². The summed E-state index contributed by atoms with van der Waals surface area (Å²) in [6.45, 7) is 3.77. The van der Waals surface area contributed by atoms with Crippen LogP contribution in [0.2, 0.25) is 0 Å². The summed E-state index contributed by atoms with van der Waals surface area (Å²) in [6, 6.07) is 4.70. The first-order chi connectivity index (χ1) is 15.6. The van der Waals surface area contributed by atoms with Crippen molar-refractivity contribution in [2.45, 2.75) is 63.0 Å². The molecule has 1 unspecified atom stereocenters. The molecule has 1 aliphatic heterocycles. The number of fused-ring (bicyclic) bond motifs is 3. The second-order valence-corrected chi connectivity index (χ2v) is 10.3. The highest BCUT2D eigenvalue weighted by Gasteiger charge is 2.34. The van der Waals surface area contributed by atoms with Crippen molar-refractivity contribution in [2.75, 3.05) is 26.3 Å². The molecule has 3 aliphatic rings. The Hall–Kier alpha value is -2.21. The molecule has 8 heteroatoms. The summed E-state index contributed by atoms with van der Waals surface area (Å²) in [7, 11) is 0. The van der Waals surface area contributed by atoms with Gasteiger partial charge >= 0.3 is 0 Å². The Labute approximate surface area is 192 Å². The minimum atomic E-state index is -0.752. The first-order valence-corrected chi connectivity index (χ1v) is 12.5. The van der Waals surface area contributed by atoms with Crippen LogP contribution < -0.4 is 10.5 Å².